The molecule has 0 saturated carbocycles. The van der Waals surface area contributed by atoms with Gasteiger partial charge in [0.25, 0.3) is 0 Å². The lowest BCUT2D eigenvalue weighted by Gasteiger charge is -2.05. The number of aryl methyl sites for hydroxylation is 1. The van der Waals surface area contributed by atoms with Crippen LogP contribution < -0.4 is 4.74 Å². The van der Waals surface area contributed by atoms with Gasteiger partial charge in [-0.3, -0.25) is 4.79 Å². The van der Waals surface area contributed by atoms with E-state index in [0.717, 1.165) is 24.0 Å². The summed E-state index contributed by atoms with van der Waals surface area (Å²) in [7, 11) is 1.61. The highest BCUT2D eigenvalue weighted by Gasteiger charge is 2.00. The van der Waals surface area contributed by atoms with E-state index >= 15 is 0 Å². The summed E-state index contributed by atoms with van der Waals surface area (Å²) in [5, 5.41) is 0. The SMILES string of the molecule is CCc1ccc(C=O)cc1OC. The Morgan fingerprint density at radius 2 is 2.25 bits per heavy atom. The summed E-state index contributed by atoms with van der Waals surface area (Å²) in [6.07, 6.45) is 1.74. The van der Waals surface area contributed by atoms with E-state index in [9.17, 15) is 4.79 Å². The van der Waals surface area contributed by atoms with Gasteiger partial charge in [-0.15, -0.1) is 0 Å². The van der Waals surface area contributed by atoms with Crippen LogP contribution in [0.25, 0.3) is 0 Å². The normalized spacial score (nSPS) is 9.50. The van der Waals surface area contributed by atoms with E-state index in [2.05, 4.69) is 6.92 Å². The van der Waals surface area contributed by atoms with Crippen LogP contribution in [-0.2, 0) is 6.42 Å². The van der Waals surface area contributed by atoms with E-state index in [0.29, 0.717) is 5.56 Å². The summed E-state index contributed by atoms with van der Waals surface area (Å²) in [6.45, 7) is 2.05. The Balaban J connectivity index is 3.10. The molecule has 0 bridgehead atoms. The maximum absolute atomic E-state index is 10.4. The van der Waals surface area contributed by atoms with Crippen molar-refractivity contribution in [2.75, 3.05) is 7.11 Å². The number of ether oxygens (including phenoxy) is 1. The number of benzene rings is 1. The quantitative estimate of drug-likeness (QED) is 0.639. The van der Waals surface area contributed by atoms with Crippen LogP contribution in [0, 0.1) is 0 Å². The molecule has 1 aromatic rings. The first-order valence-electron chi connectivity index (χ1n) is 3.94. The third kappa shape index (κ3) is 1.64. The van der Waals surface area contributed by atoms with Crippen molar-refractivity contribution in [3.8, 4) is 5.75 Å². The molecule has 0 radical (unpaired) electrons. The molecule has 0 aliphatic heterocycles. The Bertz CT molecular complexity index is 279. The Hall–Kier alpha value is -1.31. The molecule has 0 fully saturated rings. The Labute approximate surface area is 72.2 Å². The van der Waals surface area contributed by atoms with Crippen molar-refractivity contribution in [1.29, 1.82) is 0 Å². The minimum absolute atomic E-state index is 0.657. The molecule has 12 heavy (non-hydrogen) atoms. The van der Waals surface area contributed by atoms with E-state index < -0.39 is 0 Å². The molecule has 0 amide bonds. The summed E-state index contributed by atoms with van der Waals surface area (Å²) in [5.74, 6) is 0.794. The summed E-state index contributed by atoms with van der Waals surface area (Å²) in [6, 6.07) is 5.47. The number of hydrogen-bond donors (Lipinski definition) is 0. The zero-order valence-corrected chi connectivity index (χ0v) is 7.33. The van der Waals surface area contributed by atoms with Gasteiger partial charge in [-0.05, 0) is 18.1 Å². The van der Waals surface area contributed by atoms with Gasteiger partial charge >= 0.3 is 0 Å². The predicted molar refractivity (Wildman–Crippen MR) is 47.8 cm³/mol. The molecule has 1 rings (SSSR count). The van der Waals surface area contributed by atoms with Crippen LogP contribution in [0.4, 0.5) is 0 Å². The second-order valence-corrected chi connectivity index (χ2v) is 2.54. The molecule has 0 atom stereocenters. The number of hydrogen-bond acceptors (Lipinski definition) is 2. The molecule has 2 heteroatoms. The minimum Gasteiger partial charge on any atom is -0.496 e. The highest BCUT2D eigenvalue weighted by atomic mass is 16.5. The number of carbonyl (C=O) groups excluding carboxylic acids is 1. The van der Waals surface area contributed by atoms with Crippen molar-refractivity contribution in [1.82, 2.24) is 0 Å². The lowest BCUT2D eigenvalue weighted by atomic mass is 10.1. The van der Waals surface area contributed by atoms with Crippen molar-refractivity contribution in [3.05, 3.63) is 29.3 Å². The molecule has 0 aromatic heterocycles. The maximum atomic E-state index is 10.4. The molecule has 0 spiro atoms. The second-order valence-electron chi connectivity index (χ2n) is 2.54. The Morgan fingerprint density at radius 1 is 1.50 bits per heavy atom. The molecule has 1 aromatic carbocycles. The van der Waals surface area contributed by atoms with Crippen LogP contribution >= 0.6 is 0 Å². The smallest absolute Gasteiger partial charge is 0.150 e. The fourth-order valence-electron chi connectivity index (χ4n) is 1.13. The predicted octanol–water partition coefficient (Wildman–Crippen LogP) is 2.07. The van der Waals surface area contributed by atoms with Crippen LogP contribution in [0.15, 0.2) is 18.2 Å². The van der Waals surface area contributed by atoms with Gasteiger partial charge < -0.3 is 4.74 Å². The third-order valence-corrected chi connectivity index (χ3v) is 1.83. The van der Waals surface area contributed by atoms with Crippen molar-refractivity contribution < 1.29 is 9.53 Å². The van der Waals surface area contributed by atoms with Crippen LogP contribution in [0.5, 0.6) is 5.75 Å². The summed E-state index contributed by atoms with van der Waals surface area (Å²) in [4.78, 5) is 10.4. The second kappa shape index (κ2) is 3.90. The van der Waals surface area contributed by atoms with Crippen molar-refractivity contribution in [3.63, 3.8) is 0 Å². The molecule has 2 nitrogen and oxygen atoms in total. The van der Waals surface area contributed by atoms with Crippen LogP contribution in [-0.4, -0.2) is 13.4 Å². The topological polar surface area (TPSA) is 26.3 Å². The number of rotatable bonds is 3. The first-order valence-corrected chi connectivity index (χ1v) is 3.94. The Morgan fingerprint density at radius 3 is 2.75 bits per heavy atom. The molecule has 0 saturated heterocycles. The van der Waals surface area contributed by atoms with Gasteiger partial charge in [0.15, 0.2) is 0 Å². The van der Waals surface area contributed by atoms with Crippen LogP contribution in [0.2, 0.25) is 0 Å². The van der Waals surface area contributed by atoms with E-state index in [-0.39, 0.29) is 0 Å². The first kappa shape index (κ1) is 8.78. The van der Waals surface area contributed by atoms with Crippen molar-refractivity contribution in [2.24, 2.45) is 0 Å². The molecular formula is C10H12O2. The number of carbonyl (C=O) groups is 1. The van der Waals surface area contributed by atoms with Gasteiger partial charge in [0.1, 0.15) is 12.0 Å². The average Bonchev–Trinajstić information content (AvgIpc) is 2.16. The molecule has 0 heterocycles. The highest BCUT2D eigenvalue weighted by Crippen LogP contribution is 2.19. The average molecular weight is 164 g/mol. The van der Waals surface area contributed by atoms with E-state index in [1.165, 1.54) is 0 Å². The zero-order chi connectivity index (χ0) is 8.97. The number of methoxy groups -OCH3 is 1. The molecule has 0 N–H and O–H groups in total. The molecule has 64 valence electrons. The fraction of sp³-hybridized carbons (Fsp3) is 0.300. The highest BCUT2D eigenvalue weighted by molar-refractivity contribution is 5.75. The van der Waals surface area contributed by atoms with Crippen LogP contribution in [0.3, 0.4) is 0 Å². The lowest BCUT2D eigenvalue weighted by molar-refractivity contribution is 0.112. The molecule has 0 unspecified atom stereocenters. The lowest BCUT2D eigenvalue weighted by Crippen LogP contribution is -1.91. The van der Waals surface area contributed by atoms with Crippen LogP contribution in [0.1, 0.15) is 22.8 Å². The van der Waals surface area contributed by atoms with E-state index in [4.69, 9.17) is 4.74 Å². The summed E-state index contributed by atoms with van der Waals surface area (Å²) in [5.41, 5.74) is 1.78. The molecule has 0 aliphatic rings. The van der Waals surface area contributed by atoms with Gasteiger partial charge in [0.05, 0.1) is 7.11 Å². The van der Waals surface area contributed by atoms with Gasteiger partial charge in [0.2, 0.25) is 0 Å². The van der Waals surface area contributed by atoms with Gasteiger partial charge in [-0.25, -0.2) is 0 Å². The van der Waals surface area contributed by atoms with Gasteiger partial charge in [-0.1, -0.05) is 19.1 Å². The standard InChI is InChI=1S/C10H12O2/c1-3-9-5-4-8(7-11)6-10(9)12-2/h4-7H,3H2,1-2H3. The van der Waals surface area contributed by atoms with Crippen molar-refractivity contribution in [2.45, 2.75) is 13.3 Å². The number of aldehydes is 1. The zero-order valence-electron chi connectivity index (χ0n) is 7.33. The Kier molecular flexibility index (Phi) is 2.86. The summed E-state index contributed by atoms with van der Waals surface area (Å²) >= 11 is 0. The molecule has 0 aliphatic carbocycles. The summed E-state index contributed by atoms with van der Waals surface area (Å²) < 4.78 is 5.12. The molecular weight excluding hydrogens is 152 g/mol. The van der Waals surface area contributed by atoms with E-state index in [1.54, 1.807) is 19.2 Å². The minimum atomic E-state index is 0.657. The van der Waals surface area contributed by atoms with Gasteiger partial charge in [-0.2, -0.15) is 0 Å². The third-order valence-electron chi connectivity index (χ3n) is 1.83. The largest absolute Gasteiger partial charge is 0.496 e. The monoisotopic (exact) mass is 164 g/mol. The first-order chi connectivity index (χ1) is 5.81. The fourth-order valence-corrected chi connectivity index (χ4v) is 1.13. The maximum Gasteiger partial charge on any atom is 0.150 e. The van der Waals surface area contributed by atoms with Gasteiger partial charge in [0, 0.05) is 5.56 Å². The van der Waals surface area contributed by atoms with Crippen molar-refractivity contribution >= 4 is 6.29 Å². The van der Waals surface area contributed by atoms with E-state index in [1.807, 2.05) is 6.07 Å².